The van der Waals surface area contributed by atoms with E-state index in [1.165, 1.54) is 18.4 Å². The van der Waals surface area contributed by atoms with Crippen LogP contribution < -0.4 is 5.32 Å². The third-order valence-corrected chi connectivity index (χ3v) is 4.73. The molecule has 0 unspecified atom stereocenters. The summed E-state index contributed by atoms with van der Waals surface area (Å²) in [6.45, 7) is 0.672. The molecular weight excluding hydrogens is 381 g/mol. The third kappa shape index (κ3) is 4.15. The van der Waals surface area contributed by atoms with Gasteiger partial charge in [-0.3, -0.25) is 4.79 Å². The van der Waals surface area contributed by atoms with Gasteiger partial charge in [-0.1, -0.05) is 30.3 Å². The zero-order chi connectivity index (χ0) is 20.9. The number of hydrogen-bond acceptors (Lipinski definition) is 3. The lowest BCUT2D eigenvalue weighted by Crippen LogP contribution is -2.23. The van der Waals surface area contributed by atoms with Crippen molar-refractivity contribution in [2.45, 2.75) is 13.1 Å². The number of furan rings is 1. The zero-order valence-corrected chi connectivity index (χ0v) is 16.0. The Hall–Kier alpha value is -4.11. The molecule has 0 fully saturated rings. The first-order valence-electron chi connectivity index (χ1n) is 9.39. The maximum Gasteiger partial charge on any atom is 0.262 e. The Morgan fingerprint density at radius 3 is 2.80 bits per heavy atom. The van der Waals surface area contributed by atoms with Crippen LogP contribution in [0.15, 0.2) is 83.1 Å². The summed E-state index contributed by atoms with van der Waals surface area (Å²) < 4.78 is 20.7. The third-order valence-electron chi connectivity index (χ3n) is 4.73. The van der Waals surface area contributed by atoms with E-state index in [2.05, 4.69) is 5.32 Å². The number of rotatable bonds is 6. The van der Waals surface area contributed by atoms with Crippen molar-refractivity contribution in [3.05, 3.63) is 101 Å². The number of carbonyl (C=O) groups excluding carboxylic acids is 1. The average Bonchev–Trinajstić information content (AvgIpc) is 3.39. The maximum atomic E-state index is 13.6. The van der Waals surface area contributed by atoms with Gasteiger partial charge in [-0.05, 0) is 42.0 Å². The monoisotopic (exact) mass is 399 g/mol. The summed E-state index contributed by atoms with van der Waals surface area (Å²) in [6.07, 6.45) is 4.96. The van der Waals surface area contributed by atoms with E-state index < -0.39 is 5.91 Å². The molecule has 0 saturated carbocycles. The first-order chi connectivity index (χ1) is 14.6. The highest BCUT2D eigenvalue weighted by Crippen LogP contribution is 2.24. The minimum Gasteiger partial charge on any atom is -0.467 e. The molecule has 148 valence electrons. The molecule has 4 aromatic rings. The van der Waals surface area contributed by atoms with Gasteiger partial charge in [0.25, 0.3) is 5.91 Å². The summed E-state index contributed by atoms with van der Waals surface area (Å²) in [5.41, 5.74) is 2.49. The average molecular weight is 399 g/mol. The molecule has 4 rings (SSSR count). The fourth-order valence-corrected chi connectivity index (χ4v) is 3.33. The first kappa shape index (κ1) is 19.2. The maximum absolute atomic E-state index is 13.6. The second kappa shape index (κ2) is 8.50. The molecule has 0 radical (unpaired) electrons. The molecule has 5 nitrogen and oxygen atoms in total. The summed E-state index contributed by atoms with van der Waals surface area (Å²) in [4.78, 5) is 12.5. The molecule has 1 N–H and O–H groups in total. The molecule has 0 atom stereocenters. The van der Waals surface area contributed by atoms with Gasteiger partial charge in [0, 0.05) is 29.2 Å². The van der Waals surface area contributed by atoms with Gasteiger partial charge in [-0.15, -0.1) is 0 Å². The molecule has 2 aromatic heterocycles. The number of nitrogens with one attached hydrogen (secondary N) is 1. The van der Waals surface area contributed by atoms with E-state index in [9.17, 15) is 14.4 Å². The van der Waals surface area contributed by atoms with Crippen molar-refractivity contribution in [3.63, 3.8) is 0 Å². The van der Waals surface area contributed by atoms with Gasteiger partial charge in [0.15, 0.2) is 0 Å². The van der Waals surface area contributed by atoms with Gasteiger partial charge < -0.3 is 14.3 Å². The summed E-state index contributed by atoms with van der Waals surface area (Å²) in [5, 5.41) is 13.1. The van der Waals surface area contributed by atoms with Crippen LogP contribution in [0.1, 0.15) is 16.9 Å². The van der Waals surface area contributed by atoms with E-state index in [1.54, 1.807) is 24.3 Å². The number of nitriles is 1. The normalized spacial score (nSPS) is 11.4. The minimum absolute atomic E-state index is 0.00443. The van der Waals surface area contributed by atoms with E-state index in [1.807, 2.05) is 47.2 Å². The number of nitrogens with zero attached hydrogens (tertiary/aromatic N) is 2. The lowest BCUT2D eigenvalue weighted by atomic mass is 10.1. The predicted octanol–water partition coefficient (Wildman–Crippen LogP) is 4.65. The van der Waals surface area contributed by atoms with Crippen LogP contribution in [0, 0.1) is 17.1 Å². The Bertz CT molecular complexity index is 1260. The van der Waals surface area contributed by atoms with E-state index in [0.717, 1.165) is 22.0 Å². The molecule has 0 spiro atoms. The molecule has 6 heteroatoms. The van der Waals surface area contributed by atoms with Gasteiger partial charge in [0.1, 0.15) is 23.2 Å². The molecular formula is C24H18FN3O2. The second-order valence-corrected chi connectivity index (χ2v) is 6.79. The number of aromatic nitrogens is 1. The highest BCUT2D eigenvalue weighted by atomic mass is 19.1. The smallest absolute Gasteiger partial charge is 0.262 e. The molecule has 2 aromatic carbocycles. The van der Waals surface area contributed by atoms with Crippen LogP contribution in [0.25, 0.3) is 17.0 Å². The number of benzene rings is 2. The lowest BCUT2D eigenvalue weighted by molar-refractivity contribution is -0.117. The van der Waals surface area contributed by atoms with Crippen molar-refractivity contribution in [2.75, 3.05) is 0 Å². The van der Waals surface area contributed by atoms with Crippen molar-refractivity contribution in [3.8, 4) is 6.07 Å². The fraction of sp³-hybridized carbons (Fsp3) is 0.0833. The Kier molecular flexibility index (Phi) is 5.44. The Balaban J connectivity index is 1.64. The minimum atomic E-state index is -0.476. The van der Waals surface area contributed by atoms with Gasteiger partial charge >= 0.3 is 0 Å². The van der Waals surface area contributed by atoms with Crippen LogP contribution in [-0.2, 0) is 17.9 Å². The van der Waals surface area contributed by atoms with Crippen molar-refractivity contribution in [1.29, 1.82) is 5.26 Å². The zero-order valence-electron chi connectivity index (χ0n) is 16.0. The number of halogens is 1. The SMILES string of the molecule is N#C/C(=C\c1cn(Cc2cccc(F)c2)c2ccccc12)C(=O)NCc1ccco1. The molecule has 2 heterocycles. The quantitative estimate of drug-likeness (QED) is 0.379. The van der Waals surface area contributed by atoms with E-state index >= 15 is 0 Å². The van der Waals surface area contributed by atoms with Crippen LogP contribution in [0.4, 0.5) is 4.39 Å². The Morgan fingerprint density at radius 2 is 2.03 bits per heavy atom. The summed E-state index contributed by atoms with van der Waals surface area (Å²) in [7, 11) is 0. The van der Waals surface area contributed by atoms with Crippen LogP contribution in [0.2, 0.25) is 0 Å². The topological polar surface area (TPSA) is 71.0 Å². The molecule has 30 heavy (non-hydrogen) atoms. The Labute approximate surface area is 172 Å². The van der Waals surface area contributed by atoms with Crippen molar-refractivity contribution in [1.82, 2.24) is 9.88 Å². The Morgan fingerprint density at radius 1 is 1.17 bits per heavy atom. The lowest BCUT2D eigenvalue weighted by Gasteiger charge is -2.05. The number of carbonyl (C=O) groups is 1. The highest BCUT2D eigenvalue weighted by Gasteiger charge is 2.13. The molecule has 0 aliphatic heterocycles. The number of para-hydroxylation sites is 1. The second-order valence-electron chi connectivity index (χ2n) is 6.79. The largest absolute Gasteiger partial charge is 0.467 e. The van der Waals surface area contributed by atoms with Crippen LogP contribution in [0.3, 0.4) is 0 Å². The van der Waals surface area contributed by atoms with Crippen molar-refractivity contribution >= 4 is 22.9 Å². The van der Waals surface area contributed by atoms with E-state index in [4.69, 9.17) is 4.42 Å². The van der Waals surface area contributed by atoms with E-state index in [0.29, 0.717) is 12.3 Å². The van der Waals surface area contributed by atoms with Gasteiger partial charge in [-0.2, -0.15) is 5.26 Å². The molecule has 0 aliphatic rings. The fourth-order valence-electron chi connectivity index (χ4n) is 3.33. The highest BCUT2D eigenvalue weighted by molar-refractivity contribution is 6.04. The van der Waals surface area contributed by atoms with Gasteiger partial charge in [-0.25, -0.2) is 4.39 Å². The summed E-state index contributed by atoms with van der Waals surface area (Å²) in [5.74, 6) is -0.160. The van der Waals surface area contributed by atoms with Crippen molar-refractivity contribution in [2.24, 2.45) is 0 Å². The summed E-state index contributed by atoms with van der Waals surface area (Å²) in [6, 6.07) is 19.6. The van der Waals surface area contributed by atoms with E-state index in [-0.39, 0.29) is 17.9 Å². The van der Waals surface area contributed by atoms with Crippen LogP contribution >= 0.6 is 0 Å². The van der Waals surface area contributed by atoms with Crippen LogP contribution in [0.5, 0.6) is 0 Å². The van der Waals surface area contributed by atoms with Crippen molar-refractivity contribution < 1.29 is 13.6 Å². The predicted molar refractivity (Wildman–Crippen MR) is 112 cm³/mol. The molecule has 0 bridgehead atoms. The molecule has 0 aliphatic carbocycles. The van der Waals surface area contributed by atoms with Gasteiger partial charge in [0.05, 0.1) is 12.8 Å². The first-order valence-corrected chi connectivity index (χ1v) is 9.39. The number of fused-ring (bicyclic) bond motifs is 1. The number of hydrogen-bond donors (Lipinski definition) is 1. The molecule has 1 amide bonds. The molecule has 0 saturated heterocycles. The summed E-state index contributed by atoms with van der Waals surface area (Å²) >= 11 is 0. The standard InChI is InChI=1S/C24H18FN3O2/c25-20-6-3-5-17(11-20)15-28-16-19(22-8-1-2-9-23(22)28)12-18(13-26)24(29)27-14-21-7-4-10-30-21/h1-12,16H,14-15H2,(H,27,29)/b18-12+. The van der Waals surface area contributed by atoms with Crippen LogP contribution in [-0.4, -0.2) is 10.5 Å². The number of amides is 1. The van der Waals surface area contributed by atoms with Gasteiger partial charge in [0.2, 0.25) is 0 Å².